The molecule has 1 fully saturated rings. The molecule has 0 spiro atoms. The molecular formula is C22H17ClF6N4O2S. The van der Waals surface area contributed by atoms with Gasteiger partial charge in [-0.2, -0.15) is 30.6 Å². The lowest BCUT2D eigenvalue weighted by Crippen LogP contribution is -2.49. The van der Waals surface area contributed by atoms with E-state index in [2.05, 4.69) is 9.97 Å². The van der Waals surface area contributed by atoms with E-state index in [1.165, 1.54) is 24.4 Å². The van der Waals surface area contributed by atoms with Crippen LogP contribution >= 0.6 is 11.6 Å². The Morgan fingerprint density at radius 2 is 1.47 bits per heavy atom. The Bertz CT molecular complexity index is 1370. The predicted octanol–water partition coefficient (Wildman–Crippen LogP) is 5.35. The van der Waals surface area contributed by atoms with Crippen LogP contribution in [0.1, 0.15) is 11.1 Å². The van der Waals surface area contributed by atoms with Crippen LogP contribution in [0.25, 0.3) is 11.3 Å². The number of alkyl halides is 6. The van der Waals surface area contributed by atoms with Crippen LogP contribution < -0.4 is 4.90 Å². The fraction of sp³-hybridized carbons (Fsp3) is 0.273. The zero-order valence-electron chi connectivity index (χ0n) is 18.2. The minimum Gasteiger partial charge on any atom is -0.338 e. The van der Waals surface area contributed by atoms with E-state index >= 15 is 0 Å². The van der Waals surface area contributed by atoms with E-state index in [9.17, 15) is 34.8 Å². The van der Waals surface area contributed by atoms with Gasteiger partial charge in [0.2, 0.25) is 16.0 Å². The van der Waals surface area contributed by atoms with Gasteiger partial charge >= 0.3 is 12.4 Å². The summed E-state index contributed by atoms with van der Waals surface area (Å²) in [5.74, 6) is 0.203. The molecule has 6 nitrogen and oxygen atoms in total. The molecule has 1 saturated heterocycles. The van der Waals surface area contributed by atoms with Gasteiger partial charge in [0.1, 0.15) is 4.90 Å². The molecule has 2 aromatic carbocycles. The molecule has 14 heteroatoms. The highest BCUT2D eigenvalue weighted by Crippen LogP contribution is 2.35. The van der Waals surface area contributed by atoms with Crippen LogP contribution in [-0.4, -0.2) is 48.9 Å². The molecule has 1 aliphatic rings. The summed E-state index contributed by atoms with van der Waals surface area (Å²) in [5.41, 5.74) is -1.38. The first-order chi connectivity index (χ1) is 16.8. The van der Waals surface area contributed by atoms with Crippen molar-refractivity contribution < 1.29 is 34.8 Å². The smallest absolute Gasteiger partial charge is 0.338 e. The molecule has 0 saturated carbocycles. The second kappa shape index (κ2) is 9.52. The second-order valence-electron chi connectivity index (χ2n) is 7.85. The number of benzene rings is 2. The normalized spacial score (nSPS) is 15.8. The average Bonchev–Trinajstić information content (AvgIpc) is 2.83. The minimum atomic E-state index is -4.67. The maximum atomic E-state index is 13.1. The molecule has 1 aliphatic heterocycles. The van der Waals surface area contributed by atoms with E-state index in [4.69, 9.17) is 11.6 Å². The molecular weight excluding hydrogens is 534 g/mol. The van der Waals surface area contributed by atoms with Gasteiger partial charge in [-0.25, -0.2) is 18.4 Å². The van der Waals surface area contributed by atoms with Gasteiger partial charge in [-0.3, -0.25) is 0 Å². The van der Waals surface area contributed by atoms with Gasteiger partial charge in [0.15, 0.2) is 0 Å². The Hall–Kier alpha value is -2.90. The van der Waals surface area contributed by atoms with Crippen LogP contribution in [-0.2, 0) is 22.4 Å². The third-order valence-corrected chi connectivity index (χ3v) is 7.91. The fourth-order valence-corrected chi connectivity index (χ4v) is 5.61. The number of hydrogen-bond donors (Lipinski definition) is 0. The monoisotopic (exact) mass is 550 g/mol. The van der Waals surface area contributed by atoms with E-state index in [0.29, 0.717) is 12.1 Å². The molecule has 4 rings (SSSR count). The number of sulfonamides is 1. The maximum Gasteiger partial charge on any atom is 0.416 e. The molecule has 36 heavy (non-hydrogen) atoms. The van der Waals surface area contributed by atoms with Gasteiger partial charge in [0, 0.05) is 37.9 Å². The van der Waals surface area contributed by atoms with Gasteiger partial charge in [0.25, 0.3) is 0 Å². The first-order valence-electron chi connectivity index (χ1n) is 10.4. The molecule has 0 unspecified atom stereocenters. The second-order valence-corrected chi connectivity index (χ2v) is 10.2. The molecule has 3 aromatic rings. The summed E-state index contributed by atoms with van der Waals surface area (Å²) in [5, 5.41) is -0.538. The molecule has 0 atom stereocenters. The van der Waals surface area contributed by atoms with Crippen LogP contribution in [0.5, 0.6) is 0 Å². The summed E-state index contributed by atoms with van der Waals surface area (Å²) in [6.45, 7) is 0.223. The molecule has 1 aromatic heterocycles. The Morgan fingerprint density at radius 1 is 0.833 bits per heavy atom. The van der Waals surface area contributed by atoms with Crippen molar-refractivity contribution >= 4 is 27.6 Å². The maximum absolute atomic E-state index is 13.1. The number of hydrogen-bond acceptors (Lipinski definition) is 5. The van der Waals surface area contributed by atoms with E-state index in [0.717, 1.165) is 22.5 Å². The number of aromatic nitrogens is 2. The first kappa shape index (κ1) is 26.2. The Kier molecular flexibility index (Phi) is 6.92. The van der Waals surface area contributed by atoms with E-state index in [1.807, 2.05) is 0 Å². The van der Waals surface area contributed by atoms with E-state index < -0.39 is 43.4 Å². The van der Waals surface area contributed by atoms with Crippen LogP contribution in [0.15, 0.2) is 59.6 Å². The lowest BCUT2D eigenvalue weighted by molar-refractivity contribution is -0.138. The molecule has 0 bridgehead atoms. The lowest BCUT2D eigenvalue weighted by atomic mass is 10.1. The van der Waals surface area contributed by atoms with Crippen molar-refractivity contribution in [3.8, 4) is 11.3 Å². The minimum absolute atomic E-state index is 0.0309. The quantitative estimate of drug-likeness (QED) is 0.410. The fourth-order valence-electron chi connectivity index (χ4n) is 3.67. The third-order valence-electron chi connectivity index (χ3n) is 5.53. The molecule has 0 radical (unpaired) electrons. The van der Waals surface area contributed by atoms with Crippen LogP contribution in [0, 0.1) is 0 Å². The van der Waals surface area contributed by atoms with Crippen molar-refractivity contribution in [1.82, 2.24) is 14.3 Å². The van der Waals surface area contributed by atoms with Crippen molar-refractivity contribution in [3.05, 3.63) is 70.9 Å². The predicted molar refractivity (Wildman–Crippen MR) is 120 cm³/mol. The van der Waals surface area contributed by atoms with Gasteiger partial charge < -0.3 is 4.90 Å². The zero-order chi connectivity index (χ0) is 26.3. The summed E-state index contributed by atoms with van der Waals surface area (Å²) in [6, 6.07) is 8.20. The zero-order valence-corrected chi connectivity index (χ0v) is 19.8. The summed E-state index contributed by atoms with van der Waals surface area (Å²) in [6.07, 6.45) is -7.78. The number of piperazine rings is 1. The lowest BCUT2D eigenvalue weighted by Gasteiger charge is -2.34. The van der Waals surface area contributed by atoms with Crippen molar-refractivity contribution in [1.29, 1.82) is 0 Å². The topological polar surface area (TPSA) is 66.4 Å². The van der Waals surface area contributed by atoms with Crippen molar-refractivity contribution in [2.45, 2.75) is 17.2 Å². The van der Waals surface area contributed by atoms with Crippen LogP contribution in [0.3, 0.4) is 0 Å². The summed E-state index contributed by atoms with van der Waals surface area (Å²) in [7, 11) is -4.17. The highest BCUT2D eigenvalue weighted by Gasteiger charge is 2.35. The molecule has 0 aliphatic carbocycles. The number of rotatable bonds is 4. The van der Waals surface area contributed by atoms with Crippen molar-refractivity contribution in [2.75, 3.05) is 31.1 Å². The van der Waals surface area contributed by atoms with Gasteiger partial charge in [-0.15, -0.1) is 0 Å². The SMILES string of the molecule is O=S(=O)(c1ccc(C(F)(F)F)cc1Cl)N1CCN(c2nccc(-c3cccc(C(F)(F)F)c3)n2)CC1. The van der Waals surface area contributed by atoms with Crippen molar-refractivity contribution in [3.63, 3.8) is 0 Å². The summed E-state index contributed by atoms with van der Waals surface area (Å²) in [4.78, 5) is 9.71. The Morgan fingerprint density at radius 3 is 2.08 bits per heavy atom. The highest BCUT2D eigenvalue weighted by atomic mass is 35.5. The average molecular weight is 551 g/mol. The first-order valence-corrected chi connectivity index (χ1v) is 12.2. The van der Waals surface area contributed by atoms with Crippen molar-refractivity contribution in [2.24, 2.45) is 0 Å². The standard InChI is InChI=1S/C22H17ClF6N4O2S/c23-17-13-16(22(27,28)29)4-5-19(17)36(34,35)33-10-8-32(9-11-33)20-30-7-6-18(31-20)14-2-1-3-15(12-14)21(24,25)26/h1-7,12-13H,8-11H2. The number of halogens is 7. The molecule has 0 amide bonds. The molecule has 192 valence electrons. The highest BCUT2D eigenvalue weighted by molar-refractivity contribution is 7.89. The summed E-state index contributed by atoms with van der Waals surface area (Å²) < 4.78 is 105. The molecule has 2 heterocycles. The van der Waals surface area contributed by atoms with E-state index in [1.54, 1.807) is 4.90 Å². The largest absolute Gasteiger partial charge is 0.416 e. The van der Waals surface area contributed by atoms with Crippen LogP contribution in [0.2, 0.25) is 5.02 Å². The Labute approximate surface area is 207 Å². The molecule has 0 N–H and O–H groups in total. The number of nitrogens with zero attached hydrogens (tertiary/aromatic N) is 4. The van der Waals surface area contributed by atoms with Gasteiger partial charge in [-0.05, 0) is 36.4 Å². The van der Waals surface area contributed by atoms with Gasteiger partial charge in [0.05, 0.1) is 21.8 Å². The van der Waals surface area contributed by atoms with E-state index in [-0.39, 0.29) is 43.4 Å². The Balaban J connectivity index is 1.50. The third kappa shape index (κ3) is 5.42. The van der Waals surface area contributed by atoms with Crippen LogP contribution in [0.4, 0.5) is 32.3 Å². The van der Waals surface area contributed by atoms with Gasteiger partial charge in [-0.1, -0.05) is 23.7 Å². The summed E-state index contributed by atoms with van der Waals surface area (Å²) >= 11 is 5.87. The number of anilines is 1.